The normalized spacial score (nSPS) is 16.3. The number of nitrogens with one attached hydrogen (secondary N) is 2. The van der Waals surface area contributed by atoms with Crippen molar-refractivity contribution in [1.82, 2.24) is 20.6 Å². The summed E-state index contributed by atoms with van der Waals surface area (Å²) in [5.74, 6) is 0.561. The minimum absolute atomic E-state index is 0.0986. The summed E-state index contributed by atoms with van der Waals surface area (Å²) in [7, 11) is 0. The Morgan fingerprint density at radius 2 is 1.85 bits per heavy atom. The first-order valence-electron chi connectivity index (χ1n) is 9.59. The molecule has 7 nitrogen and oxygen atoms in total. The fourth-order valence-electron chi connectivity index (χ4n) is 3.23. The van der Waals surface area contributed by atoms with Gasteiger partial charge in [-0.3, -0.25) is 9.59 Å². The first-order valence-corrected chi connectivity index (χ1v) is 9.59. The highest BCUT2D eigenvalue weighted by Gasteiger charge is 2.17. The monoisotopic (exact) mass is 361 g/mol. The lowest BCUT2D eigenvalue weighted by molar-refractivity contribution is -0.122. The maximum atomic E-state index is 12.0. The number of carbonyl (C=O) groups is 2. The molecule has 144 valence electrons. The molecule has 1 saturated heterocycles. The molecule has 0 aliphatic carbocycles. The van der Waals surface area contributed by atoms with Crippen LogP contribution < -0.4 is 15.5 Å². The molecule has 1 fully saturated rings. The molecule has 2 amide bonds. The highest BCUT2D eigenvalue weighted by Crippen LogP contribution is 2.20. The van der Waals surface area contributed by atoms with Crippen LogP contribution in [-0.2, 0) is 9.59 Å². The van der Waals surface area contributed by atoms with Crippen molar-refractivity contribution in [3.05, 3.63) is 17.5 Å². The van der Waals surface area contributed by atoms with E-state index in [0.717, 1.165) is 30.3 Å². The maximum absolute atomic E-state index is 12.0. The van der Waals surface area contributed by atoms with Crippen molar-refractivity contribution in [2.24, 2.45) is 0 Å². The predicted octanol–water partition coefficient (Wildman–Crippen LogP) is 2.26. The third-order valence-corrected chi connectivity index (χ3v) is 4.71. The lowest BCUT2D eigenvalue weighted by Crippen LogP contribution is -2.32. The average Bonchev–Trinajstić information content (AvgIpc) is 2.53. The van der Waals surface area contributed by atoms with Crippen LogP contribution in [0.1, 0.15) is 69.7 Å². The highest BCUT2D eigenvalue weighted by atomic mass is 16.2. The second-order valence-electron chi connectivity index (χ2n) is 6.99. The number of carbonyl (C=O) groups excluding carboxylic acids is 2. The zero-order chi connectivity index (χ0) is 18.9. The van der Waals surface area contributed by atoms with E-state index in [-0.39, 0.29) is 24.3 Å². The van der Waals surface area contributed by atoms with Gasteiger partial charge in [-0.15, -0.1) is 0 Å². The largest absolute Gasteiger partial charge is 0.356 e. The molecule has 2 rings (SSSR count). The van der Waals surface area contributed by atoms with Crippen LogP contribution in [0, 0.1) is 6.92 Å². The summed E-state index contributed by atoms with van der Waals surface area (Å²) >= 11 is 0. The van der Waals surface area contributed by atoms with Gasteiger partial charge in [0, 0.05) is 50.4 Å². The van der Waals surface area contributed by atoms with Gasteiger partial charge in [-0.25, -0.2) is 9.97 Å². The Labute approximate surface area is 156 Å². The van der Waals surface area contributed by atoms with Crippen molar-refractivity contribution in [2.45, 2.75) is 65.3 Å². The average molecular weight is 361 g/mol. The summed E-state index contributed by atoms with van der Waals surface area (Å²) in [6, 6.07) is -0.166. The third kappa shape index (κ3) is 6.28. The van der Waals surface area contributed by atoms with Crippen LogP contribution in [0.3, 0.4) is 0 Å². The van der Waals surface area contributed by atoms with E-state index in [1.54, 1.807) is 0 Å². The fraction of sp³-hybridized carbons (Fsp3) is 0.684. The van der Waals surface area contributed by atoms with Crippen LogP contribution in [0.2, 0.25) is 0 Å². The number of rotatable bonds is 6. The van der Waals surface area contributed by atoms with E-state index < -0.39 is 0 Å². The summed E-state index contributed by atoms with van der Waals surface area (Å²) in [5.41, 5.74) is 1.82. The van der Waals surface area contributed by atoms with E-state index in [9.17, 15) is 9.59 Å². The third-order valence-electron chi connectivity index (χ3n) is 4.71. The molecule has 0 unspecified atom stereocenters. The molecule has 2 N–H and O–H groups in total. The van der Waals surface area contributed by atoms with E-state index in [4.69, 9.17) is 0 Å². The van der Waals surface area contributed by atoms with Crippen molar-refractivity contribution in [3.8, 4) is 0 Å². The Morgan fingerprint density at radius 3 is 2.46 bits per heavy atom. The van der Waals surface area contributed by atoms with Crippen LogP contribution in [0.15, 0.2) is 6.20 Å². The molecule has 0 radical (unpaired) electrons. The second-order valence-corrected chi connectivity index (χ2v) is 6.99. The van der Waals surface area contributed by atoms with E-state index in [0.29, 0.717) is 6.54 Å². The first-order chi connectivity index (χ1) is 12.5. The zero-order valence-electron chi connectivity index (χ0n) is 16.2. The molecule has 0 bridgehead atoms. The Hall–Kier alpha value is -2.18. The molecule has 2 heterocycles. The summed E-state index contributed by atoms with van der Waals surface area (Å²) in [5, 5.41) is 5.57. The molecule has 0 spiro atoms. The zero-order valence-corrected chi connectivity index (χ0v) is 16.2. The minimum Gasteiger partial charge on any atom is -0.356 e. The molecule has 0 aromatic carbocycles. The van der Waals surface area contributed by atoms with Crippen molar-refractivity contribution < 1.29 is 9.59 Å². The molecule has 1 aromatic rings. The van der Waals surface area contributed by atoms with Crippen LogP contribution in [0.4, 0.5) is 5.95 Å². The van der Waals surface area contributed by atoms with Crippen molar-refractivity contribution >= 4 is 17.8 Å². The Kier molecular flexibility index (Phi) is 7.81. The number of anilines is 1. The maximum Gasteiger partial charge on any atom is 0.225 e. The van der Waals surface area contributed by atoms with Gasteiger partial charge < -0.3 is 15.5 Å². The number of nitrogens with zero attached hydrogens (tertiary/aromatic N) is 3. The Morgan fingerprint density at radius 1 is 1.19 bits per heavy atom. The molecule has 0 saturated carbocycles. The molecule has 7 heteroatoms. The lowest BCUT2D eigenvalue weighted by Gasteiger charge is -2.25. The summed E-state index contributed by atoms with van der Waals surface area (Å²) in [4.78, 5) is 34.4. The molecular weight excluding hydrogens is 330 g/mol. The van der Waals surface area contributed by atoms with E-state index in [1.165, 1.54) is 39.0 Å². The summed E-state index contributed by atoms with van der Waals surface area (Å²) < 4.78 is 0. The number of amides is 2. The molecule has 1 aromatic heterocycles. The van der Waals surface area contributed by atoms with Gasteiger partial charge in [-0.05, 0) is 26.7 Å². The molecule has 1 aliphatic rings. The van der Waals surface area contributed by atoms with Crippen LogP contribution in [0.5, 0.6) is 0 Å². The molecule has 1 aliphatic heterocycles. The number of hydrogen-bond acceptors (Lipinski definition) is 5. The van der Waals surface area contributed by atoms with Crippen LogP contribution >= 0.6 is 0 Å². The second kappa shape index (κ2) is 10.1. The van der Waals surface area contributed by atoms with Crippen LogP contribution in [0.25, 0.3) is 0 Å². The van der Waals surface area contributed by atoms with Gasteiger partial charge in [-0.1, -0.05) is 19.3 Å². The van der Waals surface area contributed by atoms with Gasteiger partial charge >= 0.3 is 0 Å². The van der Waals surface area contributed by atoms with Gasteiger partial charge in [0.2, 0.25) is 17.8 Å². The standard InChI is InChI=1S/C19H31N5O2/c1-14(22-18(26)9-10-20-16(3)25)17-13-21-19(23-15(17)2)24-11-7-5-4-6-8-12-24/h13-14H,4-12H2,1-3H3,(H,20,25)(H,22,26)/t14-/m1/s1. The number of aromatic nitrogens is 2. The summed E-state index contributed by atoms with van der Waals surface area (Å²) in [6.07, 6.45) is 8.33. The van der Waals surface area contributed by atoms with Gasteiger partial charge in [0.25, 0.3) is 0 Å². The van der Waals surface area contributed by atoms with Gasteiger partial charge in [0.1, 0.15) is 0 Å². The van der Waals surface area contributed by atoms with Crippen LogP contribution in [-0.4, -0.2) is 41.4 Å². The van der Waals surface area contributed by atoms with E-state index in [2.05, 4.69) is 25.5 Å². The predicted molar refractivity (Wildman–Crippen MR) is 102 cm³/mol. The van der Waals surface area contributed by atoms with Gasteiger partial charge in [-0.2, -0.15) is 0 Å². The SMILES string of the molecule is CC(=O)NCCC(=O)N[C@H](C)c1cnc(N2CCCCCCC2)nc1C. The Bertz CT molecular complexity index is 612. The van der Waals surface area contributed by atoms with E-state index in [1.807, 2.05) is 20.0 Å². The topological polar surface area (TPSA) is 87.2 Å². The number of hydrogen-bond donors (Lipinski definition) is 2. The van der Waals surface area contributed by atoms with Crippen molar-refractivity contribution in [3.63, 3.8) is 0 Å². The Balaban J connectivity index is 1.94. The minimum atomic E-state index is -0.166. The summed E-state index contributed by atoms with van der Waals surface area (Å²) in [6.45, 7) is 7.69. The molecule has 1 atom stereocenters. The molecular formula is C19H31N5O2. The number of aryl methyl sites for hydroxylation is 1. The quantitative estimate of drug-likeness (QED) is 0.811. The highest BCUT2D eigenvalue weighted by molar-refractivity contribution is 5.78. The lowest BCUT2D eigenvalue weighted by atomic mass is 10.1. The fourth-order valence-corrected chi connectivity index (χ4v) is 3.23. The van der Waals surface area contributed by atoms with Gasteiger partial charge in [0.05, 0.1) is 6.04 Å². The first kappa shape index (κ1) is 20.1. The van der Waals surface area contributed by atoms with E-state index >= 15 is 0 Å². The smallest absolute Gasteiger partial charge is 0.225 e. The van der Waals surface area contributed by atoms with Crippen molar-refractivity contribution in [1.29, 1.82) is 0 Å². The van der Waals surface area contributed by atoms with Gasteiger partial charge in [0.15, 0.2) is 0 Å². The van der Waals surface area contributed by atoms with Crippen molar-refractivity contribution in [2.75, 3.05) is 24.5 Å². The molecule has 26 heavy (non-hydrogen) atoms.